The van der Waals surface area contributed by atoms with Crippen molar-refractivity contribution in [3.05, 3.63) is 11.1 Å². The lowest BCUT2D eigenvalue weighted by atomic mass is 9.89. The molecule has 1 atom stereocenters. The largest absolute Gasteiger partial charge is 0.332 e. The predicted octanol–water partition coefficient (Wildman–Crippen LogP) is 3.43. The molecule has 2 amide bonds. The molecular formula is C16H24ClN3O2S. The van der Waals surface area contributed by atoms with Gasteiger partial charge in [0.05, 0.1) is 12.2 Å². The number of anilines is 1. The van der Waals surface area contributed by atoms with Crippen LogP contribution in [0.3, 0.4) is 0 Å². The lowest BCUT2D eigenvalue weighted by Crippen LogP contribution is -2.44. The van der Waals surface area contributed by atoms with Crippen molar-refractivity contribution in [2.45, 2.75) is 51.3 Å². The first-order valence-electron chi connectivity index (χ1n) is 8.10. The topological polar surface area (TPSA) is 62.3 Å². The van der Waals surface area contributed by atoms with Crippen LogP contribution >= 0.6 is 22.9 Å². The monoisotopic (exact) mass is 357 g/mol. The molecule has 1 unspecified atom stereocenters. The third kappa shape index (κ3) is 5.77. The smallest absolute Gasteiger partial charge is 0.245 e. The van der Waals surface area contributed by atoms with E-state index in [-0.39, 0.29) is 18.4 Å². The van der Waals surface area contributed by atoms with Crippen LogP contribution in [0.5, 0.6) is 0 Å². The fourth-order valence-electron chi connectivity index (χ4n) is 2.91. The number of hydrogen-bond donors (Lipinski definition) is 1. The van der Waals surface area contributed by atoms with Gasteiger partial charge in [0, 0.05) is 11.9 Å². The maximum absolute atomic E-state index is 12.3. The number of aryl methyl sites for hydroxylation is 1. The summed E-state index contributed by atoms with van der Waals surface area (Å²) in [4.78, 5) is 30.3. The van der Waals surface area contributed by atoms with Crippen LogP contribution in [-0.4, -0.2) is 40.2 Å². The van der Waals surface area contributed by atoms with Gasteiger partial charge in [-0.15, -0.1) is 22.9 Å². The average molecular weight is 358 g/mol. The van der Waals surface area contributed by atoms with Gasteiger partial charge in [-0.05, 0) is 32.6 Å². The van der Waals surface area contributed by atoms with Crippen molar-refractivity contribution in [2.75, 3.05) is 18.4 Å². The fourth-order valence-corrected chi connectivity index (χ4v) is 3.75. The van der Waals surface area contributed by atoms with Crippen molar-refractivity contribution < 1.29 is 9.59 Å². The third-order valence-corrected chi connectivity index (χ3v) is 5.12. The van der Waals surface area contributed by atoms with E-state index >= 15 is 0 Å². The Bertz CT molecular complexity index is 541. The average Bonchev–Trinajstić information content (AvgIpc) is 2.91. The minimum Gasteiger partial charge on any atom is -0.332 e. The van der Waals surface area contributed by atoms with Gasteiger partial charge in [-0.25, -0.2) is 4.98 Å². The van der Waals surface area contributed by atoms with Crippen molar-refractivity contribution >= 4 is 39.9 Å². The summed E-state index contributed by atoms with van der Waals surface area (Å²) in [7, 11) is 0. The number of nitrogens with zero attached hydrogens (tertiary/aromatic N) is 2. The second kappa shape index (κ2) is 8.64. The van der Waals surface area contributed by atoms with Crippen LogP contribution in [0.2, 0.25) is 0 Å². The Kier molecular flexibility index (Phi) is 6.84. The van der Waals surface area contributed by atoms with Crippen LogP contribution in [-0.2, 0) is 9.59 Å². The molecule has 1 heterocycles. The molecule has 0 saturated heterocycles. The predicted molar refractivity (Wildman–Crippen MR) is 94.0 cm³/mol. The Balaban J connectivity index is 1.95. The maximum atomic E-state index is 12.3. The summed E-state index contributed by atoms with van der Waals surface area (Å²) in [5, 5.41) is 4.58. The van der Waals surface area contributed by atoms with E-state index in [0.717, 1.165) is 18.5 Å². The first kappa shape index (κ1) is 18.2. The van der Waals surface area contributed by atoms with E-state index in [1.165, 1.54) is 30.6 Å². The Morgan fingerprint density at radius 1 is 1.43 bits per heavy atom. The minimum absolute atomic E-state index is 0.0328. The number of aromatic nitrogens is 1. The number of halogens is 1. The van der Waals surface area contributed by atoms with E-state index in [4.69, 9.17) is 11.6 Å². The van der Waals surface area contributed by atoms with Crippen LogP contribution in [0.1, 0.15) is 44.7 Å². The molecule has 0 aliphatic heterocycles. The molecule has 128 valence electrons. The number of nitrogens with one attached hydrogen (secondary N) is 1. The first-order valence-corrected chi connectivity index (χ1v) is 9.42. The summed E-state index contributed by atoms with van der Waals surface area (Å²) in [6, 6.07) is 0. The van der Waals surface area contributed by atoms with Gasteiger partial charge in [-0.1, -0.05) is 19.3 Å². The SMILES string of the molecule is Cc1csc(NC(=O)CN(CC2CCCCC2)C(=O)C(C)Cl)n1. The Morgan fingerprint density at radius 3 is 2.70 bits per heavy atom. The molecule has 1 fully saturated rings. The molecule has 1 aromatic heterocycles. The summed E-state index contributed by atoms with van der Waals surface area (Å²) >= 11 is 7.34. The number of carbonyl (C=O) groups is 2. The van der Waals surface area contributed by atoms with E-state index in [1.807, 2.05) is 12.3 Å². The van der Waals surface area contributed by atoms with Crippen LogP contribution < -0.4 is 5.32 Å². The molecule has 0 aromatic carbocycles. The van der Waals surface area contributed by atoms with E-state index in [0.29, 0.717) is 17.6 Å². The molecule has 0 radical (unpaired) electrons. The summed E-state index contributed by atoms with van der Waals surface area (Å²) < 4.78 is 0. The standard InChI is InChI=1S/C16H24ClN3O2S/c1-11-10-23-16(18-11)19-14(21)9-20(15(22)12(2)17)8-13-6-4-3-5-7-13/h10,12-13H,3-9H2,1-2H3,(H,18,19,21). The number of amides is 2. The number of hydrogen-bond acceptors (Lipinski definition) is 4. The van der Waals surface area contributed by atoms with Gasteiger partial charge in [0.2, 0.25) is 11.8 Å². The molecule has 2 rings (SSSR count). The van der Waals surface area contributed by atoms with Gasteiger partial charge in [0.25, 0.3) is 0 Å². The minimum atomic E-state index is -0.617. The van der Waals surface area contributed by atoms with Gasteiger partial charge in [0.1, 0.15) is 5.38 Å². The highest BCUT2D eigenvalue weighted by atomic mass is 35.5. The van der Waals surface area contributed by atoms with Gasteiger partial charge in [-0.2, -0.15) is 0 Å². The van der Waals surface area contributed by atoms with E-state index in [2.05, 4.69) is 10.3 Å². The van der Waals surface area contributed by atoms with Crippen molar-refractivity contribution in [3.63, 3.8) is 0 Å². The van der Waals surface area contributed by atoms with Crippen molar-refractivity contribution in [2.24, 2.45) is 5.92 Å². The molecule has 1 aromatic rings. The Labute approximate surface area is 146 Å². The number of alkyl halides is 1. The number of carbonyl (C=O) groups excluding carboxylic acids is 2. The first-order chi connectivity index (χ1) is 11.0. The van der Waals surface area contributed by atoms with Crippen molar-refractivity contribution in [1.82, 2.24) is 9.88 Å². The van der Waals surface area contributed by atoms with E-state index in [1.54, 1.807) is 11.8 Å². The zero-order valence-electron chi connectivity index (χ0n) is 13.7. The molecule has 1 saturated carbocycles. The number of rotatable bonds is 6. The molecule has 1 aliphatic carbocycles. The van der Waals surface area contributed by atoms with Gasteiger partial charge < -0.3 is 10.2 Å². The van der Waals surface area contributed by atoms with Crippen molar-refractivity contribution in [3.8, 4) is 0 Å². The molecular weight excluding hydrogens is 334 g/mol. The Hall–Kier alpha value is -1.14. The highest BCUT2D eigenvalue weighted by Gasteiger charge is 2.25. The lowest BCUT2D eigenvalue weighted by molar-refractivity contribution is -0.134. The second-order valence-electron chi connectivity index (χ2n) is 6.18. The maximum Gasteiger partial charge on any atom is 0.245 e. The number of thiazole rings is 1. The molecule has 0 spiro atoms. The van der Waals surface area contributed by atoms with Crippen LogP contribution in [0.15, 0.2) is 5.38 Å². The zero-order valence-corrected chi connectivity index (χ0v) is 15.3. The van der Waals surface area contributed by atoms with Crippen LogP contribution in [0, 0.1) is 12.8 Å². The normalized spacial score (nSPS) is 16.8. The van der Waals surface area contributed by atoms with E-state index < -0.39 is 5.38 Å². The third-order valence-electron chi connectivity index (χ3n) is 4.06. The molecule has 23 heavy (non-hydrogen) atoms. The summed E-state index contributed by atoms with van der Waals surface area (Å²) in [6.45, 7) is 4.17. The molecule has 5 nitrogen and oxygen atoms in total. The molecule has 1 N–H and O–H groups in total. The van der Waals surface area contributed by atoms with E-state index in [9.17, 15) is 9.59 Å². The van der Waals surface area contributed by atoms with Gasteiger partial charge in [-0.3, -0.25) is 9.59 Å². The zero-order chi connectivity index (χ0) is 16.8. The molecule has 0 bridgehead atoms. The van der Waals surface area contributed by atoms with Gasteiger partial charge in [0.15, 0.2) is 5.13 Å². The summed E-state index contributed by atoms with van der Waals surface area (Å²) in [6.07, 6.45) is 5.91. The fraction of sp³-hybridized carbons (Fsp3) is 0.688. The summed E-state index contributed by atoms with van der Waals surface area (Å²) in [5.74, 6) is 0.0709. The Morgan fingerprint density at radius 2 is 2.13 bits per heavy atom. The second-order valence-corrected chi connectivity index (χ2v) is 7.69. The van der Waals surface area contributed by atoms with Crippen LogP contribution in [0.25, 0.3) is 0 Å². The summed E-state index contributed by atoms with van der Waals surface area (Å²) in [5.41, 5.74) is 0.870. The van der Waals surface area contributed by atoms with Gasteiger partial charge >= 0.3 is 0 Å². The molecule has 7 heteroatoms. The highest BCUT2D eigenvalue weighted by Crippen LogP contribution is 2.25. The van der Waals surface area contributed by atoms with Crippen LogP contribution in [0.4, 0.5) is 5.13 Å². The lowest BCUT2D eigenvalue weighted by Gasteiger charge is -2.30. The highest BCUT2D eigenvalue weighted by molar-refractivity contribution is 7.13. The molecule has 1 aliphatic rings. The van der Waals surface area contributed by atoms with Crippen molar-refractivity contribution in [1.29, 1.82) is 0 Å². The quantitative estimate of drug-likeness (QED) is 0.793.